The molecule has 0 bridgehead atoms. The summed E-state index contributed by atoms with van der Waals surface area (Å²) in [5.74, 6) is -0.263. The summed E-state index contributed by atoms with van der Waals surface area (Å²) in [4.78, 5) is 11.1. The molecule has 0 saturated carbocycles. The Balaban J connectivity index is 3.25. The second-order valence-electron chi connectivity index (χ2n) is 4.05. The van der Waals surface area contributed by atoms with E-state index >= 15 is 0 Å². The van der Waals surface area contributed by atoms with Crippen LogP contribution in [0.5, 0.6) is 0 Å². The first kappa shape index (κ1) is 18.6. The van der Waals surface area contributed by atoms with Crippen molar-refractivity contribution in [3.05, 3.63) is 12.2 Å². The van der Waals surface area contributed by atoms with Crippen LogP contribution in [0.4, 0.5) is 0 Å². The summed E-state index contributed by atoms with van der Waals surface area (Å²) in [7, 11) is 0. The van der Waals surface area contributed by atoms with Crippen molar-refractivity contribution >= 4 is 71.9 Å². The summed E-state index contributed by atoms with van der Waals surface area (Å²) < 4.78 is 4.10. The van der Waals surface area contributed by atoms with Crippen LogP contribution >= 0.6 is 65.4 Å². The molecule has 0 aromatic rings. The molecule has 6 heteroatoms. The highest BCUT2D eigenvalue weighted by Crippen LogP contribution is 2.35. The van der Waals surface area contributed by atoms with E-state index < -0.39 is 0.564 Å². The summed E-state index contributed by atoms with van der Waals surface area (Å²) in [5.41, 5.74) is 0.484. The van der Waals surface area contributed by atoms with Gasteiger partial charge in [-0.15, -0.1) is 0 Å². The smallest absolute Gasteiger partial charge is 0.333 e. The Kier molecular flexibility index (Phi) is 11.4. The van der Waals surface area contributed by atoms with Crippen molar-refractivity contribution in [1.29, 1.82) is 0 Å². The lowest BCUT2D eigenvalue weighted by Crippen LogP contribution is -2.06. The molecule has 0 spiro atoms. The minimum absolute atomic E-state index is 0.263. The monoisotopic (exact) mass is 592 g/mol. The largest absolute Gasteiger partial charge is 0.462 e. The van der Waals surface area contributed by atoms with Crippen LogP contribution in [0.1, 0.15) is 39.0 Å². The van der Waals surface area contributed by atoms with Gasteiger partial charge >= 0.3 is 5.97 Å². The molecule has 0 aliphatic carbocycles. The highest BCUT2D eigenvalue weighted by molar-refractivity contribution is 14.4. The molecule has 0 aliphatic rings. The Morgan fingerprint density at radius 3 is 2.18 bits per heavy atom. The lowest BCUT2D eigenvalue weighted by atomic mass is 10.2. The van der Waals surface area contributed by atoms with E-state index in [1.807, 2.05) is 0 Å². The third-order valence-electron chi connectivity index (χ3n) is 2.19. The summed E-state index contributed by atoms with van der Waals surface area (Å²) in [6.07, 6.45) is 6.02. The summed E-state index contributed by atoms with van der Waals surface area (Å²) in [5, 5.41) is 0. The van der Waals surface area contributed by atoms with Gasteiger partial charge in [0.15, 0.2) is 0 Å². The van der Waals surface area contributed by atoms with Crippen LogP contribution in [0, 0.1) is 0 Å². The highest BCUT2D eigenvalue weighted by Gasteiger charge is 2.19. The lowest BCUT2D eigenvalue weighted by molar-refractivity contribution is -0.139. The molecule has 0 fully saturated rings. The zero-order valence-corrected chi connectivity index (χ0v) is 17.6. The van der Waals surface area contributed by atoms with Crippen LogP contribution in [0.15, 0.2) is 12.2 Å². The molecule has 0 heterocycles. The van der Waals surface area contributed by atoms with Crippen molar-refractivity contribution in [2.24, 2.45) is 0 Å². The standard InChI is InChI=1S/C11H19I3O2Si/c1-10(2)11(15)16-8-6-4-3-5-7-9-17(12,13)14/h1,3-9H2,2H3. The molecule has 0 saturated heterocycles. The number of rotatable bonds is 9. The van der Waals surface area contributed by atoms with Crippen molar-refractivity contribution in [2.75, 3.05) is 6.61 Å². The average Bonchev–Trinajstić information content (AvgIpc) is 2.19. The minimum Gasteiger partial charge on any atom is -0.462 e. The number of carbonyl (C=O) groups is 1. The molecular formula is C11H19I3O2Si. The topological polar surface area (TPSA) is 26.3 Å². The second kappa shape index (κ2) is 10.4. The van der Waals surface area contributed by atoms with E-state index in [-0.39, 0.29) is 5.97 Å². The summed E-state index contributed by atoms with van der Waals surface area (Å²) in [6.45, 7) is 5.76. The number of hydrogen-bond donors (Lipinski definition) is 0. The first-order valence-corrected chi connectivity index (χ1v) is 17.3. The van der Waals surface area contributed by atoms with Gasteiger partial charge in [0.1, 0.15) is 0 Å². The third-order valence-corrected chi connectivity index (χ3v) is 7.96. The number of ether oxygens (including phenoxy) is 1. The Labute approximate surface area is 143 Å². The molecule has 0 N–H and O–H groups in total. The van der Waals surface area contributed by atoms with Gasteiger partial charge in [-0.2, -0.15) is 0 Å². The maximum atomic E-state index is 11.1. The lowest BCUT2D eigenvalue weighted by Gasteiger charge is -2.08. The van der Waals surface area contributed by atoms with Crippen molar-refractivity contribution in [2.45, 2.75) is 45.1 Å². The van der Waals surface area contributed by atoms with Crippen molar-refractivity contribution in [1.82, 2.24) is 0 Å². The van der Waals surface area contributed by atoms with E-state index in [0.29, 0.717) is 12.2 Å². The zero-order chi connectivity index (χ0) is 13.3. The molecule has 100 valence electrons. The Morgan fingerprint density at radius 2 is 1.65 bits per heavy atom. The maximum Gasteiger partial charge on any atom is 0.333 e. The van der Waals surface area contributed by atoms with E-state index in [9.17, 15) is 4.79 Å². The van der Waals surface area contributed by atoms with Gasteiger partial charge in [-0.1, -0.05) is 97.7 Å². The molecule has 0 rings (SSSR count). The zero-order valence-electron chi connectivity index (χ0n) is 10.1. The van der Waals surface area contributed by atoms with Crippen molar-refractivity contribution in [3.63, 3.8) is 0 Å². The van der Waals surface area contributed by atoms with Crippen LogP contribution in [0.3, 0.4) is 0 Å². The third kappa shape index (κ3) is 13.8. The number of halogens is 3. The molecule has 0 aliphatic heterocycles. The number of unbranched alkanes of at least 4 members (excludes halogenated alkanes) is 4. The van der Waals surface area contributed by atoms with Crippen molar-refractivity contribution in [3.8, 4) is 0 Å². The first-order chi connectivity index (χ1) is 7.83. The molecule has 2 nitrogen and oxygen atoms in total. The fourth-order valence-corrected chi connectivity index (χ4v) is 5.33. The van der Waals surface area contributed by atoms with Gasteiger partial charge in [-0.3, -0.25) is 0 Å². The van der Waals surface area contributed by atoms with Crippen LogP contribution in [-0.2, 0) is 9.53 Å². The van der Waals surface area contributed by atoms with Gasteiger partial charge in [-0.25, -0.2) is 4.79 Å². The Morgan fingerprint density at radius 1 is 1.12 bits per heavy atom. The minimum atomic E-state index is -0.929. The molecule has 0 aromatic heterocycles. The molecule has 0 unspecified atom stereocenters. The second-order valence-corrected chi connectivity index (χ2v) is 40.9. The van der Waals surface area contributed by atoms with Gasteiger partial charge < -0.3 is 4.74 Å². The van der Waals surface area contributed by atoms with E-state index in [1.165, 1.54) is 25.3 Å². The summed E-state index contributed by atoms with van der Waals surface area (Å²) >= 11 is 7.83. The fourth-order valence-electron chi connectivity index (χ4n) is 1.25. The average molecular weight is 592 g/mol. The predicted octanol–water partition coefficient (Wildman–Crippen LogP) is 5.30. The molecule has 0 aromatic carbocycles. The number of hydrogen-bond acceptors (Lipinski definition) is 2. The van der Waals surface area contributed by atoms with Gasteiger partial charge in [-0.05, 0) is 19.4 Å². The highest BCUT2D eigenvalue weighted by atomic mass is 127. The predicted molar refractivity (Wildman–Crippen MR) is 101 cm³/mol. The maximum absolute atomic E-state index is 11.1. The van der Waals surface area contributed by atoms with Gasteiger partial charge in [0.2, 0.25) is 0 Å². The SMILES string of the molecule is C=C(C)C(=O)OCCCCCCC[Si](I)(I)I. The van der Waals surface area contributed by atoms with E-state index in [2.05, 4.69) is 72.0 Å². The normalized spacial score (nSPS) is 11.3. The molecule has 17 heavy (non-hydrogen) atoms. The van der Waals surface area contributed by atoms with Crippen LogP contribution < -0.4 is 0 Å². The van der Waals surface area contributed by atoms with Gasteiger partial charge in [0, 0.05) is 5.57 Å². The quantitative estimate of drug-likeness (QED) is 0.0909. The van der Waals surface area contributed by atoms with E-state index in [0.717, 1.165) is 12.8 Å². The van der Waals surface area contributed by atoms with Crippen molar-refractivity contribution < 1.29 is 9.53 Å². The summed E-state index contributed by atoms with van der Waals surface area (Å²) in [6, 6.07) is 1.39. The number of esters is 1. The molecule has 0 amide bonds. The molecule has 0 atom stereocenters. The van der Waals surface area contributed by atoms with Crippen LogP contribution in [0.25, 0.3) is 0 Å². The van der Waals surface area contributed by atoms with Gasteiger partial charge in [0.05, 0.1) is 6.61 Å². The fraction of sp³-hybridized carbons (Fsp3) is 0.727. The van der Waals surface area contributed by atoms with Crippen LogP contribution in [0.2, 0.25) is 6.04 Å². The van der Waals surface area contributed by atoms with Crippen LogP contribution in [-0.4, -0.2) is 13.1 Å². The Bertz CT molecular complexity index is 252. The van der Waals surface area contributed by atoms with E-state index in [1.54, 1.807) is 6.92 Å². The Hall–Kier alpha value is 1.62. The first-order valence-electron chi connectivity index (χ1n) is 5.72. The molecular weight excluding hydrogens is 573 g/mol. The van der Waals surface area contributed by atoms with E-state index in [4.69, 9.17) is 4.74 Å². The van der Waals surface area contributed by atoms with Gasteiger partial charge in [0.25, 0.3) is 0.564 Å². The molecule has 0 radical (unpaired) electrons. The number of carbonyl (C=O) groups excluding carboxylic acids is 1.